The quantitative estimate of drug-likeness (QED) is 0.274. The molecule has 0 fully saturated rings. The van der Waals surface area contributed by atoms with Crippen LogP contribution in [-0.2, 0) is 9.59 Å². The van der Waals surface area contributed by atoms with E-state index in [9.17, 15) is 19.3 Å². The van der Waals surface area contributed by atoms with Crippen LogP contribution in [0.25, 0.3) is 0 Å². The summed E-state index contributed by atoms with van der Waals surface area (Å²) < 4.78 is 5.10. The number of carboxylic acid groups (broad SMARTS) is 1. The Hall–Kier alpha value is -4.08. The van der Waals surface area contributed by atoms with E-state index in [1.807, 2.05) is 0 Å². The Balaban J connectivity index is 2.20. The monoisotopic (exact) mass is 384 g/mol. The van der Waals surface area contributed by atoms with Crippen molar-refractivity contribution in [1.29, 1.82) is 0 Å². The van der Waals surface area contributed by atoms with E-state index in [2.05, 4.69) is 21.0 Å². The van der Waals surface area contributed by atoms with Crippen LogP contribution in [0.4, 0.5) is 17.1 Å². The van der Waals surface area contributed by atoms with E-state index in [0.29, 0.717) is 11.4 Å². The van der Waals surface area contributed by atoms with Crippen molar-refractivity contribution in [1.82, 2.24) is 0 Å². The second-order valence-electron chi connectivity index (χ2n) is 5.44. The number of hydrogen-bond donors (Lipinski definition) is 3. The summed E-state index contributed by atoms with van der Waals surface area (Å²) in [5, 5.41) is 18.0. The number of aromatic carboxylic acids is 1. The van der Waals surface area contributed by atoms with Crippen molar-refractivity contribution in [3.05, 3.63) is 52.9 Å². The Labute approximate surface area is 159 Å². The summed E-state index contributed by atoms with van der Waals surface area (Å²) in [5.41, 5.74) is 2.93. The van der Waals surface area contributed by atoms with Gasteiger partial charge in [-0.3, -0.25) is 15.0 Å². The number of nitroso groups, excluding NO2 is 1. The van der Waals surface area contributed by atoms with Gasteiger partial charge in [0, 0.05) is 18.7 Å². The number of nitrogens with one attached hydrogen (secondary N) is 2. The minimum absolute atomic E-state index is 0.0560. The van der Waals surface area contributed by atoms with Crippen molar-refractivity contribution in [2.45, 2.75) is 6.92 Å². The first-order chi connectivity index (χ1) is 13.3. The number of hydrogen-bond acceptors (Lipinski definition) is 8. The minimum Gasteiger partial charge on any atom is -0.494 e. The molecule has 0 aliphatic rings. The molecule has 2 aromatic rings. The van der Waals surface area contributed by atoms with Crippen molar-refractivity contribution < 1.29 is 24.2 Å². The van der Waals surface area contributed by atoms with Crippen LogP contribution in [0, 0.1) is 4.91 Å². The third-order valence-electron chi connectivity index (χ3n) is 3.52. The molecular weight excluding hydrogens is 368 g/mol. The van der Waals surface area contributed by atoms with Crippen LogP contribution in [0.2, 0.25) is 0 Å². The van der Waals surface area contributed by atoms with Gasteiger partial charge in [0.2, 0.25) is 0 Å². The molecule has 0 radical (unpaired) electrons. The molecule has 0 aliphatic carbocycles. The number of ketones is 1. The molecule has 28 heavy (non-hydrogen) atoms. The highest BCUT2D eigenvalue weighted by Crippen LogP contribution is 2.29. The fraction of sp³-hybridized carbons (Fsp3) is 0.111. The smallest absolute Gasteiger partial charge is 0.335 e. The Morgan fingerprint density at radius 1 is 1.07 bits per heavy atom. The summed E-state index contributed by atoms with van der Waals surface area (Å²) in [4.78, 5) is 45.6. The van der Waals surface area contributed by atoms with Crippen molar-refractivity contribution in [3.63, 3.8) is 0 Å². The lowest BCUT2D eigenvalue weighted by atomic mass is 10.2. The zero-order valence-electron chi connectivity index (χ0n) is 14.9. The maximum Gasteiger partial charge on any atom is 0.335 e. The summed E-state index contributed by atoms with van der Waals surface area (Å²) in [5.74, 6) is -2.24. The van der Waals surface area contributed by atoms with Gasteiger partial charge >= 0.3 is 5.97 Å². The van der Waals surface area contributed by atoms with Crippen LogP contribution in [0.1, 0.15) is 17.3 Å². The van der Waals surface area contributed by atoms with Gasteiger partial charge in [-0.1, -0.05) is 0 Å². The molecule has 0 heterocycles. The number of anilines is 2. The molecule has 0 saturated carbocycles. The second kappa shape index (κ2) is 9.03. The fourth-order valence-corrected chi connectivity index (χ4v) is 2.12. The van der Waals surface area contributed by atoms with Gasteiger partial charge in [0.1, 0.15) is 11.4 Å². The summed E-state index contributed by atoms with van der Waals surface area (Å²) in [6, 6.07) is 9.64. The van der Waals surface area contributed by atoms with Crippen LogP contribution >= 0.6 is 0 Å². The van der Waals surface area contributed by atoms with Crippen LogP contribution in [-0.4, -0.2) is 35.6 Å². The van der Waals surface area contributed by atoms with E-state index < -0.39 is 23.4 Å². The summed E-state index contributed by atoms with van der Waals surface area (Å²) >= 11 is 0. The molecule has 10 heteroatoms. The van der Waals surface area contributed by atoms with Gasteiger partial charge in [-0.2, -0.15) is 5.10 Å². The van der Waals surface area contributed by atoms with E-state index >= 15 is 0 Å². The van der Waals surface area contributed by atoms with Crippen LogP contribution in [0.15, 0.2) is 52.7 Å². The van der Waals surface area contributed by atoms with Crippen LogP contribution in [0.5, 0.6) is 5.75 Å². The minimum atomic E-state index is -1.10. The highest BCUT2D eigenvalue weighted by atomic mass is 16.5. The number of carboxylic acids is 1. The molecule has 0 aliphatic heterocycles. The third-order valence-corrected chi connectivity index (χ3v) is 3.52. The number of hydrazone groups is 1. The Morgan fingerprint density at radius 3 is 2.29 bits per heavy atom. The molecule has 0 aromatic heterocycles. The van der Waals surface area contributed by atoms with Gasteiger partial charge < -0.3 is 15.2 Å². The lowest BCUT2D eigenvalue weighted by molar-refractivity contribution is -0.114. The molecule has 10 nitrogen and oxygen atoms in total. The van der Waals surface area contributed by atoms with Crippen LogP contribution in [0.3, 0.4) is 0 Å². The first-order valence-corrected chi connectivity index (χ1v) is 7.86. The van der Waals surface area contributed by atoms with Gasteiger partial charge in [-0.05, 0) is 41.6 Å². The maximum atomic E-state index is 12.3. The number of carbonyl (C=O) groups is 3. The summed E-state index contributed by atoms with van der Waals surface area (Å²) in [7, 11) is 1.37. The van der Waals surface area contributed by atoms with E-state index in [1.54, 1.807) is 0 Å². The largest absolute Gasteiger partial charge is 0.494 e. The molecule has 0 saturated heterocycles. The van der Waals surface area contributed by atoms with Crippen molar-refractivity contribution in [2.75, 3.05) is 17.9 Å². The fourth-order valence-electron chi connectivity index (χ4n) is 2.12. The van der Waals surface area contributed by atoms with Gasteiger partial charge in [0.25, 0.3) is 5.91 Å². The predicted octanol–water partition coefficient (Wildman–Crippen LogP) is 2.79. The molecular formula is C18H16N4O6. The predicted molar refractivity (Wildman–Crippen MR) is 102 cm³/mol. The van der Waals surface area contributed by atoms with Gasteiger partial charge in [-0.25, -0.2) is 4.79 Å². The van der Waals surface area contributed by atoms with Crippen molar-refractivity contribution >= 4 is 40.4 Å². The van der Waals surface area contributed by atoms with E-state index in [1.165, 1.54) is 56.5 Å². The van der Waals surface area contributed by atoms with Crippen LogP contribution < -0.4 is 15.5 Å². The number of Topliss-reactive ketones (excluding diaryl/α,β-unsaturated/α-hetero) is 1. The number of amides is 1. The molecule has 3 N–H and O–H groups in total. The first-order valence-electron chi connectivity index (χ1n) is 7.86. The van der Waals surface area contributed by atoms with Gasteiger partial charge in [0.05, 0.1) is 18.4 Å². The van der Waals surface area contributed by atoms with Gasteiger partial charge in [0.15, 0.2) is 11.5 Å². The molecule has 2 rings (SSSR count). The Kier molecular flexibility index (Phi) is 6.53. The highest BCUT2D eigenvalue weighted by molar-refractivity contribution is 6.67. The third kappa shape index (κ3) is 4.97. The summed E-state index contributed by atoms with van der Waals surface area (Å²) in [6.07, 6.45) is 0. The topological polar surface area (TPSA) is 147 Å². The number of ether oxygens (including phenoxy) is 1. The lowest BCUT2D eigenvalue weighted by Gasteiger charge is -2.10. The zero-order valence-corrected chi connectivity index (χ0v) is 14.9. The molecule has 0 spiro atoms. The molecule has 0 atom stereocenters. The average molecular weight is 384 g/mol. The Bertz CT molecular complexity index is 953. The number of benzene rings is 2. The van der Waals surface area contributed by atoms with E-state index in [-0.39, 0.29) is 17.0 Å². The first kappa shape index (κ1) is 20.2. The molecule has 144 valence electrons. The maximum absolute atomic E-state index is 12.3. The summed E-state index contributed by atoms with van der Waals surface area (Å²) in [6.45, 7) is 1.17. The normalized spacial score (nSPS) is 10.7. The SMILES string of the molecule is COc1cc(N=O)ccc1N/N=C(/C(C)=O)C(=O)Nc1ccc(C(=O)O)cc1. The second-order valence-corrected chi connectivity index (χ2v) is 5.44. The number of carbonyl (C=O) groups excluding carboxylic acids is 2. The Morgan fingerprint density at radius 2 is 1.75 bits per heavy atom. The standard InChI is InChI=1S/C18H16N4O6/c1-10(23)16(17(24)19-12-5-3-11(4-6-12)18(25)26)21-20-14-8-7-13(22-27)9-15(14)28-2/h3-9,20H,1-2H3,(H,19,24)(H,25,26)/b21-16-. The highest BCUT2D eigenvalue weighted by Gasteiger charge is 2.18. The zero-order chi connectivity index (χ0) is 20.7. The molecule has 2 aromatic carbocycles. The number of methoxy groups -OCH3 is 1. The molecule has 0 bridgehead atoms. The molecule has 0 unspecified atom stereocenters. The van der Waals surface area contributed by atoms with E-state index in [4.69, 9.17) is 9.84 Å². The van der Waals surface area contributed by atoms with Gasteiger partial charge in [-0.15, -0.1) is 4.91 Å². The number of nitrogens with zero attached hydrogens (tertiary/aromatic N) is 2. The molecule has 1 amide bonds. The average Bonchev–Trinajstić information content (AvgIpc) is 2.68. The number of rotatable bonds is 8. The lowest BCUT2D eigenvalue weighted by Crippen LogP contribution is -2.29. The van der Waals surface area contributed by atoms with E-state index in [0.717, 1.165) is 0 Å². The van der Waals surface area contributed by atoms with Crippen molar-refractivity contribution in [3.8, 4) is 5.75 Å². The van der Waals surface area contributed by atoms with Crippen molar-refractivity contribution in [2.24, 2.45) is 10.3 Å².